The first-order valence-electron chi connectivity index (χ1n) is 5.61. The lowest BCUT2D eigenvalue weighted by Gasteiger charge is -2.19. The first kappa shape index (κ1) is 10.9. The van der Waals surface area contributed by atoms with Crippen molar-refractivity contribution in [1.29, 1.82) is 0 Å². The molecule has 0 aromatic heterocycles. The number of hydrogen-bond donors (Lipinski definition) is 1. The molecule has 1 aromatic rings. The fraction of sp³-hybridized carbons (Fsp3) is 0.385. The third-order valence-electron chi connectivity index (χ3n) is 3.07. The number of nitrogens with two attached hydrogens (primary N) is 1. The summed E-state index contributed by atoms with van der Waals surface area (Å²) in [5.74, 6) is -0.379. The molecule has 0 aliphatic heterocycles. The van der Waals surface area contributed by atoms with Gasteiger partial charge in [0.25, 0.3) is 0 Å². The number of hydrogen-bond acceptors (Lipinski definition) is 3. The van der Waals surface area contributed by atoms with E-state index in [1.165, 1.54) is 0 Å². The molecule has 2 N–H and O–H groups in total. The topological polar surface area (TPSA) is 60.2 Å². The lowest BCUT2D eigenvalue weighted by atomic mass is 9.83. The van der Waals surface area contributed by atoms with E-state index >= 15 is 0 Å². The van der Waals surface area contributed by atoms with Crippen molar-refractivity contribution in [3.8, 4) is 0 Å². The van der Waals surface area contributed by atoms with Gasteiger partial charge < -0.3 is 5.73 Å². The highest BCUT2D eigenvalue weighted by Gasteiger charge is 2.29. The lowest BCUT2D eigenvalue weighted by molar-refractivity contribution is -0.122. The Morgan fingerprint density at radius 3 is 2.50 bits per heavy atom. The zero-order valence-corrected chi connectivity index (χ0v) is 9.11. The number of carbonyl (C=O) groups excluding carboxylic acids is 2. The van der Waals surface area contributed by atoms with Gasteiger partial charge in [0.05, 0.1) is 5.92 Å². The Bertz CT molecular complexity index is 408. The quantitative estimate of drug-likeness (QED) is 0.469. The summed E-state index contributed by atoms with van der Waals surface area (Å²) < 4.78 is 0. The Hall–Kier alpha value is -1.64. The Kier molecular flexibility index (Phi) is 3.04. The maximum atomic E-state index is 12.1. The van der Waals surface area contributed by atoms with Crippen LogP contribution < -0.4 is 5.73 Å². The van der Waals surface area contributed by atoms with Gasteiger partial charge in [0, 0.05) is 17.7 Å². The van der Waals surface area contributed by atoms with Crippen LogP contribution in [0.3, 0.4) is 0 Å². The minimum absolute atomic E-state index is 0.0512. The fourth-order valence-electron chi connectivity index (χ4n) is 2.11. The molecule has 1 aromatic carbocycles. The van der Waals surface area contributed by atoms with Gasteiger partial charge in [-0.05, 0) is 37.1 Å². The smallest absolute Gasteiger partial charge is 0.173 e. The number of benzene rings is 1. The second-order valence-electron chi connectivity index (χ2n) is 4.25. The standard InChI is InChI=1S/C13H15NO2/c14-10-7-5-9(6-8-10)13(16)11-3-1-2-4-12(11)15/h5-8,11H,1-4,14H2. The highest BCUT2D eigenvalue weighted by Crippen LogP contribution is 2.24. The maximum Gasteiger partial charge on any atom is 0.173 e. The normalized spacial score (nSPS) is 20.8. The molecular weight excluding hydrogens is 202 g/mol. The van der Waals surface area contributed by atoms with Crippen LogP contribution >= 0.6 is 0 Å². The minimum Gasteiger partial charge on any atom is -0.399 e. The van der Waals surface area contributed by atoms with E-state index in [1.54, 1.807) is 24.3 Å². The second kappa shape index (κ2) is 4.47. The van der Waals surface area contributed by atoms with E-state index in [1.807, 2.05) is 0 Å². The van der Waals surface area contributed by atoms with Crippen molar-refractivity contribution in [1.82, 2.24) is 0 Å². The molecule has 84 valence electrons. The van der Waals surface area contributed by atoms with Gasteiger partial charge in [-0.1, -0.05) is 6.42 Å². The minimum atomic E-state index is -0.419. The monoisotopic (exact) mass is 217 g/mol. The molecule has 0 radical (unpaired) electrons. The number of anilines is 1. The molecule has 1 fully saturated rings. The summed E-state index contributed by atoms with van der Waals surface area (Å²) in [7, 11) is 0. The molecule has 0 spiro atoms. The molecule has 1 aliphatic rings. The van der Waals surface area contributed by atoms with Crippen LogP contribution in [0.5, 0.6) is 0 Å². The SMILES string of the molecule is Nc1ccc(C(=O)C2CCCCC2=O)cc1. The van der Waals surface area contributed by atoms with Gasteiger partial charge in [0.2, 0.25) is 0 Å². The van der Waals surface area contributed by atoms with Gasteiger partial charge in [0.15, 0.2) is 5.78 Å². The highest BCUT2D eigenvalue weighted by molar-refractivity contribution is 6.11. The van der Waals surface area contributed by atoms with E-state index < -0.39 is 5.92 Å². The van der Waals surface area contributed by atoms with Crippen molar-refractivity contribution in [3.05, 3.63) is 29.8 Å². The van der Waals surface area contributed by atoms with Crippen molar-refractivity contribution in [2.75, 3.05) is 5.73 Å². The zero-order valence-electron chi connectivity index (χ0n) is 9.11. The van der Waals surface area contributed by atoms with Crippen molar-refractivity contribution in [2.24, 2.45) is 5.92 Å². The summed E-state index contributed by atoms with van der Waals surface area (Å²) in [6.45, 7) is 0. The molecule has 1 saturated carbocycles. The molecular formula is C13H15NO2. The van der Waals surface area contributed by atoms with Crippen molar-refractivity contribution in [2.45, 2.75) is 25.7 Å². The van der Waals surface area contributed by atoms with Gasteiger partial charge in [-0.15, -0.1) is 0 Å². The molecule has 0 saturated heterocycles. The molecule has 0 amide bonds. The molecule has 16 heavy (non-hydrogen) atoms. The average molecular weight is 217 g/mol. The predicted octanol–water partition coefficient (Wildman–Crippen LogP) is 2.21. The average Bonchev–Trinajstić information content (AvgIpc) is 2.30. The number of ketones is 2. The van der Waals surface area contributed by atoms with Crippen LogP contribution in [0.1, 0.15) is 36.0 Å². The Morgan fingerprint density at radius 2 is 1.88 bits per heavy atom. The van der Waals surface area contributed by atoms with Gasteiger partial charge in [0.1, 0.15) is 5.78 Å². The number of rotatable bonds is 2. The molecule has 0 bridgehead atoms. The van der Waals surface area contributed by atoms with Crippen LogP contribution in [-0.2, 0) is 4.79 Å². The highest BCUT2D eigenvalue weighted by atomic mass is 16.1. The second-order valence-corrected chi connectivity index (χ2v) is 4.25. The summed E-state index contributed by atoms with van der Waals surface area (Å²) in [6.07, 6.45) is 3.13. The van der Waals surface area contributed by atoms with E-state index in [-0.39, 0.29) is 11.6 Å². The van der Waals surface area contributed by atoms with E-state index in [0.29, 0.717) is 24.1 Å². The number of carbonyl (C=O) groups is 2. The van der Waals surface area contributed by atoms with Crippen LogP contribution in [0.15, 0.2) is 24.3 Å². The van der Waals surface area contributed by atoms with E-state index in [4.69, 9.17) is 5.73 Å². The van der Waals surface area contributed by atoms with E-state index in [0.717, 1.165) is 12.8 Å². The largest absolute Gasteiger partial charge is 0.399 e. The zero-order chi connectivity index (χ0) is 11.5. The molecule has 0 heterocycles. The van der Waals surface area contributed by atoms with Crippen LogP contribution in [0.2, 0.25) is 0 Å². The molecule has 1 atom stereocenters. The van der Waals surface area contributed by atoms with Gasteiger partial charge in [-0.25, -0.2) is 0 Å². The Labute approximate surface area is 94.6 Å². The third kappa shape index (κ3) is 2.13. The number of Topliss-reactive ketones (excluding diaryl/α,β-unsaturated/α-hetero) is 2. The third-order valence-corrected chi connectivity index (χ3v) is 3.07. The van der Waals surface area contributed by atoms with Crippen LogP contribution in [-0.4, -0.2) is 11.6 Å². The first-order chi connectivity index (χ1) is 7.68. The Balaban J connectivity index is 2.17. The summed E-state index contributed by atoms with van der Waals surface area (Å²) in [4.78, 5) is 23.7. The molecule has 1 unspecified atom stereocenters. The Morgan fingerprint density at radius 1 is 1.19 bits per heavy atom. The number of nitrogen functional groups attached to an aromatic ring is 1. The van der Waals surface area contributed by atoms with E-state index in [2.05, 4.69) is 0 Å². The van der Waals surface area contributed by atoms with Crippen LogP contribution in [0.25, 0.3) is 0 Å². The molecule has 3 nitrogen and oxygen atoms in total. The van der Waals surface area contributed by atoms with Crippen LogP contribution in [0.4, 0.5) is 5.69 Å². The predicted molar refractivity (Wildman–Crippen MR) is 62.1 cm³/mol. The summed E-state index contributed by atoms with van der Waals surface area (Å²) in [5.41, 5.74) is 6.78. The van der Waals surface area contributed by atoms with E-state index in [9.17, 15) is 9.59 Å². The fourth-order valence-corrected chi connectivity index (χ4v) is 2.11. The van der Waals surface area contributed by atoms with Gasteiger partial charge in [-0.3, -0.25) is 9.59 Å². The van der Waals surface area contributed by atoms with Crippen molar-refractivity contribution < 1.29 is 9.59 Å². The van der Waals surface area contributed by atoms with Gasteiger partial charge >= 0.3 is 0 Å². The molecule has 2 rings (SSSR count). The first-order valence-corrected chi connectivity index (χ1v) is 5.61. The van der Waals surface area contributed by atoms with Crippen molar-refractivity contribution in [3.63, 3.8) is 0 Å². The lowest BCUT2D eigenvalue weighted by Crippen LogP contribution is -2.27. The summed E-state index contributed by atoms with van der Waals surface area (Å²) in [6, 6.07) is 6.78. The maximum absolute atomic E-state index is 12.1. The summed E-state index contributed by atoms with van der Waals surface area (Å²) in [5, 5.41) is 0. The molecule has 1 aliphatic carbocycles. The van der Waals surface area contributed by atoms with Crippen molar-refractivity contribution >= 4 is 17.3 Å². The summed E-state index contributed by atoms with van der Waals surface area (Å²) >= 11 is 0. The molecule has 3 heteroatoms. The van der Waals surface area contributed by atoms with Crippen LogP contribution in [0, 0.1) is 5.92 Å². The van der Waals surface area contributed by atoms with Gasteiger partial charge in [-0.2, -0.15) is 0 Å².